The molecular weight excluding hydrogens is 345 g/mol. The molecule has 1 N–H and O–H groups in total. The monoisotopic (exact) mass is 370 g/mol. The zero-order valence-electron chi connectivity index (χ0n) is 15.7. The minimum atomic E-state index is -0.349. The topological polar surface area (TPSA) is 49.8 Å². The number of ether oxygens (including phenoxy) is 1. The lowest BCUT2D eigenvalue weighted by molar-refractivity contribution is 0.0786. The second kappa shape index (κ2) is 8.63. The molecule has 0 amide bonds. The summed E-state index contributed by atoms with van der Waals surface area (Å²) in [6, 6.07) is 11.4. The molecule has 0 spiro atoms. The lowest BCUT2D eigenvalue weighted by Gasteiger charge is -2.38. The minimum absolute atomic E-state index is 0.0436. The van der Waals surface area contributed by atoms with Crippen LogP contribution in [0, 0.1) is 25.1 Å². The Bertz CT molecular complexity index is 808. The number of aromatic hydroxyl groups is 1. The number of carbonyl (C=O) groups is 1. The van der Waals surface area contributed by atoms with Crippen molar-refractivity contribution in [3.63, 3.8) is 0 Å². The number of ketones is 1. The maximum absolute atomic E-state index is 14.1. The summed E-state index contributed by atoms with van der Waals surface area (Å²) < 4.78 is 19.3. The number of halogens is 1. The van der Waals surface area contributed by atoms with Crippen molar-refractivity contribution in [1.82, 2.24) is 4.90 Å². The Morgan fingerprint density at radius 3 is 2.81 bits per heavy atom. The quantitative estimate of drug-likeness (QED) is 0.790. The van der Waals surface area contributed by atoms with E-state index in [-0.39, 0.29) is 29.2 Å². The standard InChI is InChI=1S/C22H25FNO3/c1-15-18(7-4-8-21(15)23)19-9-10-24(11-12-27-2)14-20(19)22(26)16-5-3-6-17(25)13-16/h3-9,13,19-20,25H,10-12,14H2,1-2H3/t19-,20+/m1/s1. The van der Waals surface area contributed by atoms with Gasteiger partial charge in [-0.25, -0.2) is 4.39 Å². The summed E-state index contributed by atoms with van der Waals surface area (Å²) in [6.45, 7) is 4.35. The van der Waals surface area contributed by atoms with Crippen molar-refractivity contribution in [3.8, 4) is 5.75 Å². The lowest BCUT2D eigenvalue weighted by atomic mass is 9.75. The second-order valence-electron chi connectivity index (χ2n) is 6.99. The summed E-state index contributed by atoms with van der Waals surface area (Å²) in [4.78, 5) is 15.4. The molecule has 143 valence electrons. The first-order valence-corrected chi connectivity index (χ1v) is 9.14. The van der Waals surface area contributed by atoms with Crippen LogP contribution in [0.4, 0.5) is 4.39 Å². The molecule has 1 saturated heterocycles. The van der Waals surface area contributed by atoms with E-state index in [1.54, 1.807) is 38.3 Å². The van der Waals surface area contributed by atoms with Crippen LogP contribution in [0.2, 0.25) is 0 Å². The number of hydrogen-bond acceptors (Lipinski definition) is 4. The molecule has 0 aromatic heterocycles. The fourth-order valence-corrected chi connectivity index (χ4v) is 3.74. The van der Waals surface area contributed by atoms with Gasteiger partial charge in [0.1, 0.15) is 11.6 Å². The number of methoxy groups -OCH3 is 1. The maximum atomic E-state index is 14.1. The van der Waals surface area contributed by atoms with Gasteiger partial charge in [-0.1, -0.05) is 24.3 Å². The van der Waals surface area contributed by atoms with Gasteiger partial charge in [-0.15, -0.1) is 0 Å². The molecule has 0 aliphatic carbocycles. The highest BCUT2D eigenvalue weighted by Crippen LogP contribution is 2.37. The third-order valence-corrected chi connectivity index (χ3v) is 5.25. The van der Waals surface area contributed by atoms with Crippen LogP contribution in [0.25, 0.3) is 0 Å². The van der Waals surface area contributed by atoms with Gasteiger partial charge in [0.15, 0.2) is 5.78 Å². The molecule has 1 heterocycles. The molecule has 4 nitrogen and oxygen atoms in total. The van der Waals surface area contributed by atoms with Crippen LogP contribution >= 0.6 is 0 Å². The largest absolute Gasteiger partial charge is 0.508 e. The summed E-state index contributed by atoms with van der Waals surface area (Å²) in [5.74, 6) is -0.758. The first kappa shape index (κ1) is 19.5. The third kappa shape index (κ3) is 4.37. The molecule has 1 aliphatic rings. The van der Waals surface area contributed by atoms with Crippen molar-refractivity contribution >= 4 is 5.78 Å². The van der Waals surface area contributed by atoms with E-state index in [1.165, 1.54) is 12.1 Å². The van der Waals surface area contributed by atoms with E-state index in [1.807, 2.05) is 6.07 Å². The van der Waals surface area contributed by atoms with Crippen LogP contribution in [0.15, 0.2) is 42.5 Å². The van der Waals surface area contributed by atoms with Crippen molar-refractivity contribution < 1.29 is 19.0 Å². The van der Waals surface area contributed by atoms with Crippen LogP contribution < -0.4 is 0 Å². The number of phenolic OH excluding ortho intramolecular Hbond substituents is 1. The Labute approximate surface area is 159 Å². The summed E-state index contributed by atoms with van der Waals surface area (Å²) >= 11 is 0. The van der Waals surface area contributed by atoms with Gasteiger partial charge < -0.3 is 9.84 Å². The fraction of sp³-hybridized carbons (Fsp3) is 0.364. The van der Waals surface area contributed by atoms with Crippen LogP contribution in [0.5, 0.6) is 5.75 Å². The van der Waals surface area contributed by atoms with Crippen molar-refractivity contribution in [1.29, 1.82) is 0 Å². The SMILES string of the molecule is COCCN1C[CH][C@H](c2cccc(F)c2C)[C@@H](C(=O)c2cccc(O)c2)C1. The molecule has 2 atom stereocenters. The van der Waals surface area contributed by atoms with Crippen molar-refractivity contribution in [3.05, 3.63) is 71.4 Å². The Morgan fingerprint density at radius 2 is 2.07 bits per heavy atom. The molecule has 5 heteroatoms. The smallest absolute Gasteiger partial charge is 0.167 e. The molecule has 0 unspecified atom stereocenters. The van der Waals surface area contributed by atoms with E-state index < -0.39 is 0 Å². The number of hydrogen-bond donors (Lipinski definition) is 1. The zero-order valence-corrected chi connectivity index (χ0v) is 15.7. The van der Waals surface area contributed by atoms with Gasteiger partial charge in [0, 0.05) is 38.2 Å². The maximum Gasteiger partial charge on any atom is 0.167 e. The first-order chi connectivity index (χ1) is 13.0. The predicted octanol–water partition coefficient (Wildman–Crippen LogP) is 3.59. The Kier molecular flexibility index (Phi) is 6.24. The zero-order chi connectivity index (χ0) is 19.4. The van der Waals surface area contributed by atoms with E-state index >= 15 is 0 Å². The number of rotatable bonds is 6. The highest BCUT2D eigenvalue weighted by atomic mass is 19.1. The van der Waals surface area contributed by atoms with E-state index in [0.717, 1.165) is 12.1 Å². The molecule has 0 saturated carbocycles. The lowest BCUT2D eigenvalue weighted by Crippen LogP contribution is -2.44. The normalized spacial score (nSPS) is 20.6. The Balaban J connectivity index is 1.93. The molecule has 27 heavy (non-hydrogen) atoms. The van der Waals surface area contributed by atoms with E-state index in [4.69, 9.17) is 4.74 Å². The molecular formula is C22H25FNO3. The number of likely N-dealkylation sites (tertiary alicyclic amines) is 1. The van der Waals surface area contributed by atoms with Crippen molar-refractivity contribution in [2.24, 2.45) is 5.92 Å². The van der Waals surface area contributed by atoms with Gasteiger partial charge in [-0.2, -0.15) is 0 Å². The van der Waals surface area contributed by atoms with Gasteiger partial charge in [0.25, 0.3) is 0 Å². The first-order valence-electron chi connectivity index (χ1n) is 9.14. The van der Waals surface area contributed by atoms with Crippen LogP contribution in [0.3, 0.4) is 0 Å². The third-order valence-electron chi connectivity index (χ3n) is 5.25. The van der Waals surface area contributed by atoms with Gasteiger partial charge in [0.2, 0.25) is 0 Å². The Morgan fingerprint density at radius 1 is 1.30 bits per heavy atom. The van der Waals surface area contributed by atoms with Gasteiger partial charge in [0.05, 0.1) is 6.61 Å². The summed E-state index contributed by atoms with van der Waals surface area (Å²) in [7, 11) is 1.65. The molecule has 2 aromatic carbocycles. The number of Topliss-reactive ketones (excluding diaryl/α,β-unsaturated/α-hetero) is 1. The molecule has 1 radical (unpaired) electrons. The van der Waals surface area contributed by atoms with E-state index in [9.17, 15) is 14.3 Å². The van der Waals surface area contributed by atoms with Crippen LogP contribution in [-0.4, -0.2) is 49.1 Å². The van der Waals surface area contributed by atoms with Crippen LogP contribution in [0.1, 0.15) is 27.4 Å². The van der Waals surface area contributed by atoms with Crippen molar-refractivity contribution in [2.75, 3.05) is 33.4 Å². The number of carbonyl (C=O) groups excluding carboxylic acids is 1. The number of benzene rings is 2. The molecule has 3 rings (SSSR count). The number of phenols is 1. The number of piperidine rings is 1. The van der Waals surface area contributed by atoms with Gasteiger partial charge in [-0.05, 0) is 48.6 Å². The second-order valence-corrected chi connectivity index (χ2v) is 6.99. The predicted molar refractivity (Wildman–Crippen MR) is 102 cm³/mol. The average Bonchev–Trinajstić information content (AvgIpc) is 2.68. The summed E-state index contributed by atoms with van der Waals surface area (Å²) in [5, 5.41) is 9.76. The van der Waals surface area contributed by atoms with Crippen LogP contribution in [-0.2, 0) is 4.74 Å². The van der Waals surface area contributed by atoms with Gasteiger partial charge >= 0.3 is 0 Å². The molecule has 1 fully saturated rings. The minimum Gasteiger partial charge on any atom is -0.508 e. The Hall–Kier alpha value is -2.24. The fourth-order valence-electron chi connectivity index (χ4n) is 3.74. The van der Waals surface area contributed by atoms with Crippen molar-refractivity contribution in [2.45, 2.75) is 12.8 Å². The average molecular weight is 370 g/mol. The number of nitrogens with zero attached hydrogens (tertiary/aromatic N) is 1. The van der Waals surface area contributed by atoms with E-state index in [2.05, 4.69) is 11.3 Å². The summed E-state index contributed by atoms with van der Waals surface area (Å²) in [6.07, 6.45) is 2.09. The van der Waals surface area contributed by atoms with Gasteiger partial charge in [-0.3, -0.25) is 9.69 Å². The molecule has 2 aromatic rings. The molecule has 0 bridgehead atoms. The van der Waals surface area contributed by atoms with E-state index in [0.29, 0.717) is 30.8 Å². The highest BCUT2D eigenvalue weighted by Gasteiger charge is 2.36. The summed E-state index contributed by atoms with van der Waals surface area (Å²) in [5.41, 5.74) is 1.90. The molecule has 1 aliphatic heterocycles. The highest BCUT2D eigenvalue weighted by molar-refractivity contribution is 5.99.